The van der Waals surface area contributed by atoms with Crippen LogP contribution < -0.4 is 0 Å². The second kappa shape index (κ2) is 4.31. The molecule has 0 saturated heterocycles. The van der Waals surface area contributed by atoms with Gasteiger partial charge in [0, 0.05) is 10.4 Å². The predicted octanol–water partition coefficient (Wildman–Crippen LogP) is 4.19. The van der Waals surface area contributed by atoms with Gasteiger partial charge in [-0.15, -0.1) is 0 Å². The summed E-state index contributed by atoms with van der Waals surface area (Å²) >= 11 is 8.92. The van der Waals surface area contributed by atoms with Crippen LogP contribution in [0.15, 0.2) is 16.6 Å². The van der Waals surface area contributed by atoms with Gasteiger partial charge in [-0.05, 0) is 62.2 Å². The van der Waals surface area contributed by atoms with Gasteiger partial charge < -0.3 is 0 Å². The average molecular weight is 324 g/mol. The van der Waals surface area contributed by atoms with E-state index in [1.54, 1.807) is 0 Å². The van der Waals surface area contributed by atoms with Crippen LogP contribution >= 0.6 is 28.1 Å². The van der Waals surface area contributed by atoms with Gasteiger partial charge in [-0.3, -0.25) is 9.67 Å². The number of aryl methyl sites for hydroxylation is 2. The van der Waals surface area contributed by atoms with E-state index in [0.717, 1.165) is 10.3 Å². The van der Waals surface area contributed by atoms with Gasteiger partial charge in [0.1, 0.15) is 5.82 Å². The summed E-state index contributed by atoms with van der Waals surface area (Å²) in [4.78, 5) is 0. The van der Waals surface area contributed by atoms with E-state index in [1.807, 2.05) is 0 Å². The Bertz CT molecular complexity index is 644. The van der Waals surface area contributed by atoms with Crippen molar-refractivity contribution in [2.24, 2.45) is 0 Å². The summed E-state index contributed by atoms with van der Waals surface area (Å²) in [6.45, 7) is 4.22. The van der Waals surface area contributed by atoms with Gasteiger partial charge in [-0.1, -0.05) is 15.9 Å². The van der Waals surface area contributed by atoms with E-state index < -0.39 is 0 Å². The minimum absolute atomic E-state index is 0.570. The summed E-state index contributed by atoms with van der Waals surface area (Å²) in [5.74, 6) is 1.65. The van der Waals surface area contributed by atoms with Crippen molar-refractivity contribution in [3.05, 3.63) is 38.3 Å². The molecule has 18 heavy (non-hydrogen) atoms. The Morgan fingerprint density at radius 3 is 2.50 bits per heavy atom. The number of H-pyrrole nitrogens is 1. The average Bonchev–Trinajstić information content (AvgIpc) is 3.04. The lowest BCUT2D eigenvalue weighted by molar-refractivity contribution is 0.859. The fraction of sp³-hybridized carbons (Fsp3) is 0.385. The van der Waals surface area contributed by atoms with Crippen LogP contribution in [0.5, 0.6) is 0 Å². The maximum absolute atomic E-state index is 5.39. The van der Waals surface area contributed by atoms with Crippen molar-refractivity contribution in [2.45, 2.75) is 32.6 Å². The van der Waals surface area contributed by atoms with Gasteiger partial charge in [0.15, 0.2) is 4.77 Å². The molecular formula is C13H14BrN3S. The second-order valence-electron chi connectivity index (χ2n) is 4.88. The Hall–Kier alpha value is -0.940. The van der Waals surface area contributed by atoms with Crippen molar-refractivity contribution < 1.29 is 0 Å². The number of hydrogen-bond acceptors (Lipinski definition) is 2. The Morgan fingerprint density at radius 2 is 1.94 bits per heavy atom. The lowest BCUT2D eigenvalue weighted by atomic mass is 10.1. The van der Waals surface area contributed by atoms with Gasteiger partial charge in [-0.2, -0.15) is 5.10 Å². The third-order valence-corrected chi connectivity index (χ3v) is 4.05. The summed E-state index contributed by atoms with van der Waals surface area (Å²) < 4.78 is 3.89. The minimum atomic E-state index is 0.570. The first-order valence-corrected chi connectivity index (χ1v) is 7.22. The number of rotatable bonds is 2. The number of hydrogen-bond donors (Lipinski definition) is 1. The second-order valence-corrected chi connectivity index (χ2v) is 6.19. The molecule has 0 atom stereocenters. The molecule has 1 saturated carbocycles. The summed E-state index contributed by atoms with van der Waals surface area (Å²) in [7, 11) is 0. The lowest BCUT2D eigenvalue weighted by Crippen LogP contribution is -2.04. The van der Waals surface area contributed by atoms with Crippen molar-refractivity contribution in [2.75, 3.05) is 0 Å². The first-order chi connectivity index (χ1) is 8.58. The number of aromatic amines is 1. The Labute approximate surface area is 119 Å². The van der Waals surface area contributed by atoms with E-state index in [-0.39, 0.29) is 0 Å². The Morgan fingerprint density at radius 1 is 1.33 bits per heavy atom. The summed E-state index contributed by atoms with van der Waals surface area (Å²) in [5.41, 5.74) is 3.58. The SMILES string of the molecule is Cc1cc(Br)cc(C)c1-n1c(C2CC2)n[nH]c1=S. The fourth-order valence-electron chi connectivity index (χ4n) is 2.40. The molecule has 1 fully saturated rings. The van der Waals surface area contributed by atoms with Crippen molar-refractivity contribution >= 4 is 28.1 Å². The zero-order valence-corrected chi connectivity index (χ0v) is 12.7. The zero-order chi connectivity index (χ0) is 12.9. The Kier molecular flexibility index (Phi) is 2.90. The molecule has 3 rings (SSSR count). The number of nitrogens with one attached hydrogen (secondary N) is 1. The summed E-state index contributed by atoms with van der Waals surface area (Å²) in [5, 5.41) is 7.32. The van der Waals surface area contributed by atoms with Crippen LogP contribution in [-0.2, 0) is 0 Å². The van der Waals surface area contributed by atoms with E-state index in [4.69, 9.17) is 12.2 Å². The monoisotopic (exact) mass is 323 g/mol. The standard InChI is InChI=1S/C13H14BrN3S/c1-7-5-10(14)6-8(2)11(7)17-12(9-3-4-9)15-16-13(17)18/h5-6,9H,3-4H2,1-2H3,(H,16,18). The molecule has 1 aliphatic rings. The molecule has 1 heterocycles. The van der Waals surface area contributed by atoms with E-state index in [1.165, 1.54) is 29.7 Å². The molecule has 0 unspecified atom stereocenters. The van der Waals surface area contributed by atoms with Crippen LogP contribution in [0.1, 0.15) is 35.7 Å². The number of halogens is 1. The lowest BCUT2D eigenvalue weighted by Gasteiger charge is -2.13. The van der Waals surface area contributed by atoms with Crippen LogP contribution in [0.3, 0.4) is 0 Å². The molecule has 0 bridgehead atoms. The maximum atomic E-state index is 5.39. The van der Waals surface area contributed by atoms with Crippen molar-refractivity contribution in [3.63, 3.8) is 0 Å². The van der Waals surface area contributed by atoms with Crippen LogP contribution in [0.25, 0.3) is 5.69 Å². The largest absolute Gasteiger partial charge is 0.271 e. The quantitative estimate of drug-likeness (QED) is 0.841. The summed E-state index contributed by atoms with van der Waals surface area (Å²) in [6.07, 6.45) is 2.43. The van der Waals surface area contributed by atoms with Crippen LogP contribution in [0, 0.1) is 18.6 Å². The molecule has 1 aromatic heterocycles. The molecule has 5 heteroatoms. The topological polar surface area (TPSA) is 33.6 Å². The molecule has 0 radical (unpaired) electrons. The van der Waals surface area contributed by atoms with E-state index in [0.29, 0.717) is 10.7 Å². The highest BCUT2D eigenvalue weighted by Gasteiger charge is 2.30. The third kappa shape index (κ3) is 1.95. The normalized spacial score (nSPS) is 15.1. The van der Waals surface area contributed by atoms with Gasteiger partial charge in [0.2, 0.25) is 0 Å². The van der Waals surface area contributed by atoms with Gasteiger partial charge in [0.05, 0.1) is 5.69 Å². The zero-order valence-electron chi connectivity index (χ0n) is 10.3. The molecule has 1 aliphatic carbocycles. The third-order valence-electron chi connectivity index (χ3n) is 3.32. The molecule has 2 aromatic rings. The van der Waals surface area contributed by atoms with E-state index in [2.05, 4.69) is 56.7 Å². The minimum Gasteiger partial charge on any atom is -0.271 e. The highest BCUT2D eigenvalue weighted by atomic mass is 79.9. The predicted molar refractivity (Wildman–Crippen MR) is 77.9 cm³/mol. The van der Waals surface area contributed by atoms with Crippen molar-refractivity contribution in [3.8, 4) is 5.69 Å². The molecule has 1 aromatic carbocycles. The summed E-state index contributed by atoms with van der Waals surface area (Å²) in [6, 6.07) is 4.24. The highest BCUT2D eigenvalue weighted by molar-refractivity contribution is 9.10. The fourth-order valence-corrected chi connectivity index (χ4v) is 3.31. The molecule has 0 spiro atoms. The van der Waals surface area contributed by atoms with Crippen LogP contribution in [0.4, 0.5) is 0 Å². The molecule has 94 valence electrons. The van der Waals surface area contributed by atoms with Gasteiger partial charge in [0.25, 0.3) is 0 Å². The van der Waals surface area contributed by atoms with Crippen LogP contribution in [0.2, 0.25) is 0 Å². The highest BCUT2D eigenvalue weighted by Crippen LogP contribution is 2.40. The molecule has 1 N–H and O–H groups in total. The molecule has 0 amide bonds. The molecular weight excluding hydrogens is 310 g/mol. The number of nitrogens with zero attached hydrogens (tertiary/aromatic N) is 2. The first kappa shape index (κ1) is 12.1. The van der Waals surface area contributed by atoms with Crippen molar-refractivity contribution in [1.82, 2.24) is 14.8 Å². The smallest absolute Gasteiger partial charge is 0.199 e. The molecule has 0 aliphatic heterocycles. The molecule has 3 nitrogen and oxygen atoms in total. The van der Waals surface area contributed by atoms with E-state index >= 15 is 0 Å². The van der Waals surface area contributed by atoms with Gasteiger partial charge in [-0.25, -0.2) is 0 Å². The van der Waals surface area contributed by atoms with Crippen molar-refractivity contribution in [1.29, 1.82) is 0 Å². The number of aromatic nitrogens is 3. The Balaban J connectivity index is 2.27. The first-order valence-electron chi connectivity index (χ1n) is 6.02. The van der Waals surface area contributed by atoms with E-state index in [9.17, 15) is 0 Å². The number of benzene rings is 1. The maximum Gasteiger partial charge on any atom is 0.199 e. The van der Waals surface area contributed by atoms with Gasteiger partial charge >= 0.3 is 0 Å². The van der Waals surface area contributed by atoms with Crippen LogP contribution in [-0.4, -0.2) is 14.8 Å².